The van der Waals surface area contributed by atoms with Gasteiger partial charge in [-0.25, -0.2) is 21.6 Å². The number of methoxy groups -OCH3 is 1. The number of ether oxygens (including phenoxy) is 1. The Morgan fingerprint density at radius 2 is 1.90 bits per heavy atom. The molecule has 1 aliphatic carbocycles. The molecule has 0 amide bonds. The normalized spacial score (nSPS) is 17.5. The fourth-order valence-electron chi connectivity index (χ4n) is 1.94. The molecule has 0 saturated heterocycles. The molecular formula is C12H16ClNO5S2. The second kappa shape index (κ2) is 5.75. The molecular weight excluding hydrogens is 338 g/mol. The van der Waals surface area contributed by atoms with Gasteiger partial charge in [-0.2, -0.15) is 0 Å². The van der Waals surface area contributed by atoms with Crippen LogP contribution in [0, 0.1) is 0 Å². The van der Waals surface area contributed by atoms with Gasteiger partial charge in [-0.05, 0) is 37.5 Å². The van der Waals surface area contributed by atoms with Crippen LogP contribution in [0.1, 0.15) is 31.4 Å². The van der Waals surface area contributed by atoms with Gasteiger partial charge in [0.1, 0.15) is 10.6 Å². The van der Waals surface area contributed by atoms with Crippen molar-refractivity contribution in [3.8, 4) is 5.75 Å². The summed E-state index contributed by atoms with van der Waals surface area (Å²) >= 11 is 0. The van der Waals surface area contributed by atoms with Crippen molar-refractivity contribution in [3.05, 3.63) is 23.8 Å². The summed E-state index contributed by atoms with van der Waals surface area (Å²) in [5, 5.41) is -0.338. The summed E-state index contributed by atoms with van der Waals surface area (Å²) in [5.74, 6) is 0.117. The van der Waals surface area contributed by atoms with Crippen LogP contribution < -0.4 is 9.46 Å². The molecule has 1 unspecified atom stereocenters. The van der Waals surface area contributed by atoms with E-state index in [1.165, 1.54) is 19.2 Å². The summed E-state index contributed by atoms with van der Waals surface area (Å²) in [6.45, 7) is 1.65. The fraction of sp³-hybridized carbons (Fsp3) is 0.500. The molecule has 0 bridgehead atoms. The van der Waals surface area contributed by atoms with Gasteiger partial charge in [0.2, 0.25) is 10.0 Å². The van der Waals surface area contributed by atoms with Crippen molar-refractivity contribution in [1.82, 2.24) is 4.72 Å². The van der Waals surface area contributed by atoms with E-state index in [0.29, 0.717) is 18.4 Å². The monoisotopic (exact) mass is 353 g/mol. The molecule has 1 N–H and O–H groups in total. The van der Waals surface area contributed by atoms with Crippen LogP contribution >= 0.6 is 10.7 Å². The van der Waals surface area contributed by atoms with Crippen molar-refractivity contribution in [2.24, 2.45) is 0 Å². The Morgan fingerprint density at radius 3 is 2.38 bits per heavy atom. The van der Waals surface area contributed by atoms with E-state index in [4.69, 9.17) is 15.4 Å². The summed E-state index contributed by atoms with van der Waals surface area (Å²) in [7, 11) is -0.642. The van der Waals surface area contributed by atoms with E-state index < -0.39 is 25.1 Å². The lowest BCUT2D eigenvalue weighted by atomic mass is 10.1. The summed E-state index contributed by atoms with van der Waals surface area (Å²) in [6.07, 6.45) is 1.32. The molecule has 118 valence electrons. The number of benzene rings is 1. The van der Waals surface area contributed by atoms with Gasteiger partial charge in [-0.15, -0.1) is 0 Å². The molecule has 0 spiro atoms. The molecule has 0 aromatic heterocycles. The topological polar surface area (TPSA) is 89.5 Å². The van der Waals surface area contributed by atoms with Crippen LogP contribution in [0.4, 0.5) is 0 Å². The van der Waals surface area contributed by atoms with Crippen molar-refractivity contribution >= 4 is 29.8 Å². The molecule has 2 rings (SSSR count). The first-order chi connectivity index (χ1) is 9.65. The maximum Gasteiger partial charge on any atom is 0.264 e. The number of hydrogen-bond donors (Lipinski definition) is 1. The summed E-state index contributed by atoms with van der Waals surface area (Å²) in [6, 6.07) is 3.82. The second-order valence-electron chi connectivity index (χ2n) is 4.93. The predicted molar refractivity (Wildman–Crippen MR) is 79.5 cm³/mol. The Labute approximate surface area is 128 Å². The minimum Gasteiger partial charge on any atom is -0.495 e. The van der Waals surface area contributed by atoms with Crippen LogP contribution in [0.3, 0.4) is 0 Å². The molecule has 9 heteroatoms. The summed E-state index contributed by atoms with van der Waals surface area (Å²) in [5.41, 5.74) is 0.499. The molecule has 1 aromatic carbocycles. The zero-order valence-corrected chi connectivity index (χ0v) is 13.9. The van der Waals surface area contributed by atoms with Gasteiger partial charge in [0.05, 0.1) is 12.4 Å². The van der Waals surface area contributed by atoms with Crippen LogP contribution in [0.2, 0.25) is 0 Å². The van der Waals surface area contributed by atoms with Crippen molar-refractivity contribution in [3.63, 3.8) is 0 Å². The number of rotatable bonds is 6. The highest BCUT2D eigenvalue weighted by Gasteiger charge is 2.36. The van der Waals surface area contributed by atoms with Gasteiger partial charge >= 0.3 is 0 Å². The fourth-order valence-corrected chi connectivity index (χ4v) is 4.55. The van der Waals surface area contributed by atoms with E-state index in [0.717, 1.165) is 0 Å². The van der Waals surface area contributed by atoms with E-state index in [9.17, 15) is 16.8 Å². The largest absolute Gasteiger partial charge is 0.495 e. The van der Waals surface area contributed by atoms with Gasteiger partial charge in [-0.3, -0.25) is 0 Å². The number of sulfonamides is 1. The van der Waals surface area contributed by atoms with E-state index in [2.05, 4.69) is 4.72 Å². The van der Waals surface area contributed by atoms with Crippen molar-refractivity contribution in [2.75, 3.05) is 7.11 Å². The summed E-state index contributed by atoms with van der Waals surface area (Å²) < 4.78 is 54.4. The van der Waals surface area contributed by atoms with E-state index in [-0.39, 0.29) is 15.9 Å². The molecule has 0 heterocycles. The van der Waals surface area contributed by atoms with Crippen molar-refractivity contribution < 1.29 is 21.6 Å². The van der Waals surface area contributed by atoms with Gasteiger partial charge < -0.3 is 4.74 Å². The van der Waals surface area contributed by atoms with Gasteiger partial charge in [0, 0.05) is 16.7 Å². The zero-order chi connectivity index (χ0) is 15.8. The van der Waals surface area contributed by atoms with E-state index >= 15 is 0 Å². The Bertz CT molecular complexity index is 741. The molecule has 1 saturated carbocycles. The average molecular weight is 354 g/mol. The molecule has 1 fully saturated rings. The molecule has 21 heavy (non-hydrogen) atoms. The molecule has 6 nitrogen and oxygen atoms in total. The molecule has 0 aliphatic heterocycles. The smallest absolute Gasteiger partial charge is 0.264 e. The zero-order valence-electron chi connectivity index (χ0n) is 11.5. The minimum absolute atomic E-state index is 0.117. The molecule has 1 aliphatic rings. The Balaban J connectivity index is 2.32. The first-order valence-corrected chi connectivity index (χ1v) is 10.1. The SMILES string of the molecule is COc1ccc(C(C)NS(=O)(=O)C2CC2)cc1S(=O)(=O)Cl. The van der Waals surface area contributed by atoms with Crippen LogP contribution in [-0.4, -0.2) is 29.2 Å². The van der Waals surface area contributed by atoms with E-state index in [1.807, 2.05) is 0 Å². The quantitative estimate of drug-likeness (QED) is 0.787. The van der Waals surface area contributed by atoms with Gasteiger partial charge in [0.25, 0.3) is 9.05 Å². The predicted octanol–water partition coefficient (Wildman–Crippen LogP) is 1.77. The van der Waals surface area contributed by atoms with Crippen molar-refractivity contribution in [1.29, 1.82) is 0 Å². The van der Waals surface area contributed by atoms with Crippen LogP contribution in [-0.2, 0) is 19.1 Å². The maximum absolute atomic E-state index is 11.9. The third-order valence-electron chi connectivity index (χ3n) is 3.25. The Kier molecular flexibility index (Phi) is 4.53. The number of nitrogens with one attached hydrogen (secondary N) is 1. The van der Waals surface area contributed by atoms with Crippen LogP contribution in [0.25, 0.3) is 0 Å². The Hall–Kier alpha value is -0.830. The maximum atomic E-state index is 11.9. The van der Waals surface area contributed by atoms with E-state index in [1.54, 1.807) is 13.0 Å². The van der Waals surface area contributed by atoms with Crippen molar-refractivity contribution in [2.45, 2.75) is 36.0 Å². The minimum atomic E-state index is -3.98. The third-order valence-corrected chi connectivity index (χ3v) is 6.63. The molecule has 0 radical (unpaired) electrons. The number of halogens is 1. The first-order valence-electron chi connectivity index (χ1n) is 6.29. The number of hydrogen-bond acceptors (Lipinski definition) is 5. The summed E-state index contributed by atoms with van der Waals surface area (Å²) in [4.78, 5) is -0.179. The third kappa shape index (κ3) is 3.88. The lowest BCUT2D eigenvalue weighted by Gasteiger charge is -2.16. The van der Waals surface area contributed by atoms with Crippen LogP contribution in [0.5, 0.6) is 5.75 Å². The van der Waals surface area contributed by atoms with Gasteiger partial charge in [-0.1, -0.05) is 6.07 Å². The average Bonchev–Trinajstić information content (AvgIpc) is 3.21. The first kappa shape index (κ1) is 16.5. The highest BCUT2D eigenvalue weighted by molar-refractivity contribution is 8.13. The lowest BCUT2D eigenvalue weighted by molar-refractivity contribution is 0.402. The van der Waals surface area contributed by atoms with Crippen LogP contribution in [0.15, 0.2) is 23.1 Å². The highest BCUT2D eigenvalue weighted by atomic mass is 35.7. The lowest BCUT2D eigenvalue weighted by Crippen LogP contribution is -2.29. The molecule has 1 aromatic rings. The Morgan fingerprint density at radius 1 is 1.29 bits per heavy atom. The second-order valence-corrected chi connectivity index (χ2v) is 9.46. The highest BCUT2D eigenvalue weighted by Crippen LogP contribution is 2.32. The van der Waals surface area contributed by atoms with Gasteiger partial charge in [0.15, 0.2) is 0 Å². The standard InChI is InChI=1S/C12H16ClNO5S2/c1-8(14-21(17,18)10-4-5-10)9-3-6-11(19-2)12(7-9)20(13,15)16/h3,6-8,10,14H,4-5H2,1-2H3. The molecule has 1 atom stereocenters.